The Labute approximate surface area is 141 Å². The highest BCUT2D eigenvalue weighted by molar-refractivity contribution is 5.88. The normalized spacial score (nSPS) is 22.1. The SMILES string of the molecule is Cn1nnc2c1CC(NC(=O)Nc1cc(C3CC(F)(F)C3)no1)CC2. The van der Waals surface area contributed by atoms with Crippen molar-refractivity contribution in [3.05, 3.63) is 23.1 Å². The molecule has 2 aromatic rings. The molecule has 0 aromatic carbocycles. The Morgan fingerprint density at radius 2 is 2.24 bits per heavy atom. The number of carbonyl (C=O) groups is 1. The maximum absolute atomic E-state index is 12.9. The summed E-state index contributed by atoms with van der Waals surface area (Å²) in [5.74, 6) is -2.78. The highest BCUT2D eigenvalue weighted by Gasteiger charge is 2.47. The van der Waals surface area contributed by atoms with Gasteiger partial charge in [-0.3, -0.25) is 10.00 Å². The number of amides is 2. The molecular weight excluding hydrogens is 334 g/mol. The zero-order chi connectivity index (χ0) is 17.6. The number of hydrogen-bond acceptors (Lipinski definition) is 5. The molecule has 0 spiro atoms. The highest BCUT2D eigenvalue weighted by Crippen LogP contribution is 2.48. The molecule has 2 aliphatic carbocycles. The number of rotatable bonds is 3. The second kappa shape index (κ2) is 5.78. The molecule has 0 saturated heterocycles. The molecule has 134 valence electrons. The molecule has 0 aliphatic heterocycles. The van der Waals surface area contributed by atoms with Gasteiger partial charge in [-0.25, -0.2) is 13.6 Å². The van der Waals surface area contributed by atoms with Crippen LogP contribution in [0.25, 0.3) is 0 Å². The molecule has 0 bridgehead atoms. The fourth-order valence-corrected chi connectivity index (χ4v) is 3.38. The summed E-state index contributed by atoms with van der Waals surface area (Å²) in [7, 11) is 1.83. The summed E-state index contributed by atoms with van der Waals surface area (Å²) < 4.78 is 32.6. The number of aromatic nitrogens is 4. The van der Waals surface area contributed by atoms with E-state index in [1.807, 2.05) is 7.05 Å². The van der Waals surface area contributed by atoms with E-state index in [9.17, 15) is 13.6 Å². The van der Waals surface area contributed by atoms with E-state index in [1.165, 1.54) is 6.07 Å². The molecule has 1 saturated carbocycles. The number of carbonyl (C=O) groups excluding carboxylic acids is 1. The Bertz CT molecular complexity index is 794. The molecule has 10 heteroatoms. The first-order valence-electron chi connectivity index (χ1n) is 8.19. The minimum Gasteiger partial charge on any atom is -0.338 e. The van der Waals surface area contributed by atoms with E-state index in [1.54, 1.807) is 4.68 Å². The molecular formula is C15H18F2N6O2. The van der Waals surface area contributed by atoms with E-state index < -0.39 is 12.0 Å². The van der Waals surface area contributed by atoms with Crippen LogP contribution >= 0.6 is 0 Å². The van der Waals surface area contributed by atoms with E-state index in [-0.39, 0.29) is 30.7 Å². The molecule has 4 rings (SSSR count). The zero-order valence-corrected chi connectivity index (χ0v) is 13.6. The van der Waals surface area contributed by atoms with E-state index in [2.05, 4.69) is 26.1 Å². The Kier molecular flexibility index (Phi) is 3.69. The largest absolute Gasteiger partial charge is 0.338 e. The first-order valence-corrected chi connectivity index (χ1v) is 8.19. The Morgan fingerprint density at radius 3 is 3.00 bits per heavy atom. The van der Waals surface area contributed by atoms with Gasteiger partial charge in [-0.1, -0.05) is 10.4 Å². The van der Waals surface area contributed by atoms with Crippen LogP contribution in [0.3, 0.4) is 0 Å². The van der Waals surface area contributed by atoms with Gasteiger partial charge in [0, 0.05) is 44.3 Å². The number of hydrogen-bond donors (Lipinski definition) is 2. The number of fused-ring (bicyclic) bond motifs is 1. The Hall–Kier alpha value is -2.52. The molecule has 1 atom stereocenters. The molecule has 2 N–H and O–H groups in total. The molecule has 1 fully saturated rings. The summed E-state index contributed by atoms with van der Waals surface area (Å²) >= 11 is 0. The van der Waals surface area contributed by atoms with Gasteiger partial charge in [0.25, 0.3) is 0 Å². The Balaban J connectivity index is 1.31. The van der Waals surface area contributed by atoms with Crippen molar-refractivity contribution in [2.75, 3.05) is 5.32 Å². The maximum atomic E-state index is 12.9. The number of nitrogens with one attached hydrogen (secondary N) is 2. The first kappa shape index (κ1) is 16.0. The molecule has 2 aromatic heterocycles. The molecule has 8 nitrogen and oxygen atoms in total. The number of halogens is 2. The van der Waals surface area contributed by atoms with Crippen molar-refractivity contribution in [1.82, 2.24) is 25.5 Å². The van der Waals surface area contributed by atoms with Crippen molar-refractivity contribution >= 4 is 11.9 Å². The predicted molar refractivity (Wildman–Crippen MR) is 82.4 cm³/mol. The zero-order valence-electron chi connectivity index (χ0n) is 13.6. The average molecular weight is 352 g/mol. The average Bonchev–Trinajstić information content (AvgIpc) is 3.12. The van der Waals surface area contributed by atoms with E-state index in [4.69, 9.17) is 4.52 Å². The van der Waals surface area contributed by atoms with Crippen LogP contribution in [0.1, 0.15) is 42.3 Å². The van der Waals surface area contributed by atoms with Gasteiger partial charge in [-0.2, -0.15) is 0 Å². The second-order valence-corrected chi connectivity index (χ2v) is 6.72. The molecule has 1 unspecified atom stereocenters. The lowest BCUT2D eigenvalue weighted by Gasteiger charge is -2.33. The topological polar surface area (TPSA) is 97.9 Å². The number of urea groups is 1. The van der Waals surface area contributed by atoms with Crippen LogP contribution in [0.4, 0.5) is 19.5 Å². The van der Waals surface area contributed by atoms with Gasteiger partial charge >= 0.3 is 6.03 Å². The van der Waals surface area contributed by atoms with Crippen LogP contribution in [0.5, 0.6) is 0 Å². The third kappa shape index (κ3) is 3.20. The van der Waals surface area contributed by atoms with Gasteiger partial charge in [0.1, 0.15) is 0 Å². The standard InChI is InChI=1S/C15H18F2N6O2/c1-23-12-4-9(2-3-10(12)20-22-23)18-14(24)19-13-5-11(21-25-13)8-6-15(16,17)7-8/h5,8-9H,2-4,6-7H2,1H3,(H2,18,19,24). The molecule has 0 radical (unpaired) electrons. The lowest BCUT2D eigenvalue weighted by atomic mass is 9.79. The van der Waals surface area contributed by atoms with Crippen LogP contribution in [-0.2, 0) is 19.9 Å². The second-order valence-electron chi connectivity index (χ2n) is 6.72. The van der Waals surface area contributed by atoms with Crippen molar-refractivity contribution in [3.63, 3.8) is 0 Å². The molecule has 2 aliphatic rings. The number of nitrogens with zero attached hydrogens (tertiary/aromatic N) is 4. The predicted octanol–water partition coefficient (Wildman–Crippen LogP) is 1.99. The van der Waals surface area contributed by atoms with Crippen molar-refractivity contribution < 1.29 is 18.1 Å². The summed E-state index contributed by atoms with van der Waals surface area (Å²) in [6.07, 6.45) is 1.74. The van der Waals surface area contributed by atoms with Crippen molar-refractivity contribution in [2.45, 2.75) is 50.0 Å². The third-order valence-corrected chi connectivity index (χ3v) is 4.80. The quantitative estimate of drug-likeness (QED) is 0.880. The van der Waals surface area contributed by atoms with Crippen LogP contribution in [-0.4, -0.2) is 38.1 Å². The number of anilines is 1. The number of aryl methyl sites for hydroxylation is 2. The van der Waals surface area contributed by atoms with Gasteiger partial charge in [-0.05, 0) is 12.8 Å². The third-order valence-electron chi connectivity index (χ3n) is 4.80. The Morgan fingerprint density at radius 1 is 1.44 bits per heavy atom. The summed E-state index contributed by atoms with van der Waals surface area (Å²) in [6, 6.07) is 1.06. The molecule has 25 heavy (non-hydrogen) atoms. The molecule has 2 amide bonds. The van der Waals surface area contributed by atoms with Crippen LogP contribution in [0.2, 0.25) is 0 Å². The monoisotopic (exact) mass is 352 g/mol. The van der Waals surface area contributed by atoms with Crippen molar-refractivity contribution in [2.24, 2.45) is 7.05 Å². The van der Waals surface area contributed by atoms with Crippen LogP contribution in [0.15, 0.2) is 10.6 Å². The first-order chi connectivity index (χ1) is 11.9. The summed E-state index contributed by atoms with van der Waals surface area (Å²) in [6.45, 7) is 0. The fourth-order valence-electron chi connectivity index (χ4n) is 3.38. The van der Waals surface area contributed by atoms with Crippen LogP contribution in [0, 0.1) is 0 Å². The minimum absolute atomic E-state index is 0.0302. The van der Waals surface area contributed by atoms with E-state index in [0.29, 0.717) is 12.1 Å². The fraction of sp³-hybridized carbons (Fsp3) is 0.600. The van der Waals surface area contributed by atoms with Gasteiger partial charge in [0.15, 0.2) is 0 Å². The van der Waals surface area contributed by atoms with Gasteiger partial charge in [0.05, 0.1) is 17.1 Å². The minimum atomic E-state index is -2.62. The van der Waals surface area contributed by atoms with Crippen LogP contribution < -0.4 is 10.6 Å². The van der Waals surface area contributed by atoms with Crippen molar-refractivity contribution in [1.29, 1.82) is 0 Å². The summed E-state index contributed by atoms with van der Waals surface area (Å²) in [5, 5.41) is 17.3. The number of alkyl halides is 2. The van der Waals surface area contributed by atoms with Crippen molar-refractivity contribution in [3.8, 4) is 0 Å². The summed E-state index contributed by atoms with van der Waals surface area (Å²) in [5.41, 5.74) is 2.44. The van der Waals surface area contributed by atoms with E-state index in [0.717, 1.165) is 24.2 Å². The lowest BCUT2D eigenvalue weighted by molar-refractivity contribution is -0.0880. The van der Waals surface area contributed by atoms with Gasteiger partial charge in [0.2, 0.25) is 11.8 Å². The van der Waals surface area contributed by atoms with Gasteiger partial charge < -0.3 is 9.84 Å². The lowest BCUT2D eigenvalue weighted by Crippen LogP contribution is -2.41. The molecule has 2 heterocycles. The van der Waals surface area contributed by atoms with Gasteiger partial charge in [-0.15, -0.1) is 5.10 Å². The maximum Gasteiger partial charge on any atom is 0.321 e. The smallest absolute Gasteiger partial charge is 0.321 e. The highest BCUT2D eigenvalue weighted by atomic mass is 19.3. The van der Waals surface area contributed by atoms with E-state index >= 15 is 0 Å². The summed E-state index contributed by atoms with van der Waals surface area (Å²) in [4.78, 5) is 12.1.